The van der Waals surface area contributed by atoms with Crippen molar-refractivity contribution in [2.75, 3.05) is 0 Å². The zero-order chi connectivity index (χ0) is 15.8. The van der Waals surface area contributed by atoms with Gasteiger partial charge in [0.05, 0.1) is 6.21 Å². The van der Waals surface area contributed by atoms with E-state index in [0.717, 1.165) is 11.1 Å². The standard InChI is InChI=1S/C18H18N2O2/c1-14(12-15-8-4-2-5-9-15)13-19-20-18(22)17(21)16-10-6-3-7-11-16/h2-13,17,21H,1H3,(H,20,22)/b14-12+,19-13?. The minimum absolute atomic E-state index is 0.534. The van der Waals surface area contributed by atoms with Gasteiger partial charge in [-0.15, -0.1) is 0 Å². The Morgan fingerprint density at radius 3 is 2.32 bits per heavy atom. The topological polar surface area (TPSA) is 61.7 Å². The zero-order valence-electron chi connectivity index (χ0n) is 12.3. The predicted octanol–water partition coefficient (Wildman–Crippen LogP) is 2.93. The number of hydrogen-bond donors (Lipinski definition) is 2. The van der Waals surface area contributed by atoms with Crippen molar-refractivity contribution in [2.24, 2.45) is 5.10 Å². The molecule has 2 aromatic rings. The molecule has 2 N–H and O–H groups in total. The van der Waals surface area contributed by atoms with Gasteiger partial charge in [0.2, 0.25) is 0 Å². The summed E-state index contributed by atoms with van der Waals surface area (Å²) in [6.07, 6.45) is 2.27. The van der Waals surface area contributed by atoms with Crippen molar-refractivity contribution in [1.82, 2.24) is 5.43 Å². The molecule has 0 aliphatic rings. The maximum atomic E-state index is 11.8. The molecule has 22 heavy (non-hydrogen) atoms. The van der Waals surface area contributed by atoms with Crippen molar-refractivity contribution < 1.29 is 9.90 Å². The van der Waals surface area contributed by atoms with E-state index in [-0.39, 0.29) is 0 Å². The monoisotopic (exact) mass is 294 g/mol. The molecule has 4 heteroatoms. The van der Waals surface area contributed by atoms with Gasteiger partial charge in [0.15, 0.2) is 6.10 Å². The highest BCUT2D eigenvalue weighted by atomic mass is 16.3. The largest absolute Gasteiger partial charge is 0.378 e. The Morgan fingerprint density at radius 1 is 1.09 bits per heavy atom. The van der Waals surface area contributed by atoms with E-state index in [2.05, 4.69) is 10.5 Å². The Kier molecular flexibility index (Phi) is 5.63. The van der Waals surface area contributed by atoms with Crippen LogP contribution >= 0.6 is 0 Å². The number of carbonyl (C=O) groups is 1. The van der Waals surface area contributed by atoms with Crippen LogP contribution in [0, 0.1) is 0 Å². The normalized spacial score (nSPS) is 13.1. The molecule has 0 aliphatic heterocycles. The van der Waals surface area contributed by atoms with Gasteiger partial charge in [-0.05, 0) is 23.6 Å². The predicted molar refractivity (Wildman–Crippen MR) is 88.1 cm³/mol. The molecular weight excluding hydrogens is 276 g/mol. The van der Waals surface area contributed by atoms with Crippen LogP contribution in [-0.4, -0.2) is 17.2 Å². The van der Waals surface area contributed by atoms with Crippen LogP contribution < -0.4 is 5.43 Å². The van der Waals surface area contributed by atoms with Crippen molar-refractivity contribution in [1.29, 1.82) is 0 Å². The Labute approximate surface area is 129 Å². The summed E-state index contributed by atoms with van der Waals surface area (Å²) in [5, 5.41) is 13.8. The van der Waals surface area contributed by atoms with Crippen molar-refractivity contribution in [2.45, 2.75) is 13.0 Å². The minimum atomic E-state index is -1.23. The third-order valence-electron chi connectivity index (χ3n) is 3.00. The smallest absolute Gasteiger partial charge is 0.273 e. The second kappa shape index (κ2) is 7.90. The van der Waals surface area contributed by atoms with Crippen LogP contribution in [-0.2, 0) is 4.79 Å². The lowest BCUT2D eigenvalue weighted by Crippen LogP contribution is -2.25. The number of amides is 1. The van der Waals surface area contributed by atoms with Crippen LogP contribution in [0.15, 0.2) is 71.3 Å². The first-order chi connectivity index (χ1) is 10.7. The number of rotatable bonds is 5. The number of hydrogen-bond acceptors (Lipinski definition) is 3. The quantitative estimate of drug-likeness (QED) is 0.658. The molecule has 0 heterocycles. The van der Waals surface area contributed by atoms with Crippen LogP contribution in [0.1, 0.15) is 24.2 Å². The number of aliphatic hydroxyl groups excluding tert-OH is 1. The summed E-state index contributed by atoms with van der Waals surface area (Å²) in [5.74, 6) is -0.560. The molecule has 1 atom stereocenters. The van der Waals surface area contributed by atoms with Crippen molar-refractivity contribution in [3.63, 3.8) is 0 Å². The molecular formula is C18H18N2O2. The molecule has 0 fully saturated rings. The number of benzene rings is 2. The lowest BCUT2D eigenvalue weighted by Gasteiger charge is -2.08. The van der Waals surface area contributed by atoms with E-state index in [4.69, 9.17) is 0 Å². The maximum Gasteiger partial charge on any atom is 0.273 e. The summed E-state index contributed by atoms with van der Waals surface area (Å²) in [4.78, 5) is 11.8. The Balaban J connectivity index is 1.92. The number of nitrogens with one attached hydrogen (secondary N) is 1. The van der Waals surface area contributed by atoms with E-state index in [1.54, 1.807) is 30.5 Å². The van der Waals surface area contributed by atoms with Crippen LogP contribution in [0.5, 0.6) is 0 Å². The fraction of sp³-hybridized carbons (Fsp3) is 0.111. The van der Waals surface area contributed by atoms with Crippen LogP contribution in [0.4, 0.5) is 0 Å². The molecule has 2 aromatic carbocycles. The first kappa shape index (κ1) is 15.7. The van der Waals surface area contributed by atoms with E-state index in [0.29, 0.717) is 5.56 Å². The van der Waals surface area contributed by atoms with Gasteiger partial charge in [-0.3, -0.25) is 4.79 Å². The molecule has 112 valence electrons. The summed E-state index contributed by atoms with van der Waals surface area (Å²) in [5.41, 5.74) is 4.82. The first-order valence-corrected chi connectivity index (χ1v) is 6.96. The molecule has 0 saturated carbocycles. The van der Waals surface area contributed by atoms with Gasteiger partial charge in [0.25, 0.3) is 5.91 Å². The first-order valence-electron chi connectivity index (χ1n) is 6.96. The maximum absolute atomic E-state index is 11.8. The summed E-state index contributed by atoms with van der Waals surface area (Å²) in [6.45, 7) is 1.89. The average Bonchev–Trinajstić information content (AvgIpc) is 2.55. The lowest BCUT2D eigenvalue weighted by atomic mass is 10.1. The molecule has 2 rings (SSSR count). The molecule has 1 amide bonds. The second-order valence-electron chi connectivity index (χ2n) is 4.85. The van der Waals surface area contributed by atoms with Crippen molar-refractivity contribution >= 4 is 18.2 Å². The van der Waals surface area contributed by atoms with E-state index in [9.17, 15) is 9.90 Å². The Hall–Kier alpha value is -2.72. The van der Waals surface area contributed by atoms with Crippen LogP contribution in [0.3, 0.4) is 0 Å². The van der Waals surface area contributed by atoms with E-state index in [1.165, 1.54) is 0 Å². The Bertz CT molecular complexity index is 664. The second-order valence-corrected chi connectivity index (χ2v) is 4.85. The fourth-order valence-electron chi connectivity index (χ4n) is 1.89. The fourth-order valence-corrected chi connectivity index (χ4v) is 1.89. The number of aliphatic hydroxyl groups is 1. The van der Waals surface area contributed by atoms with Gasteiger partial charge in [0, 0.05) is 0 Å². The molecule has 0 spiro atoms. The average molecular weight is 294 g/mol. The van der Waals surface area contributed by atoms with Gasteiger partial charge in [-0.1, -0.05) is 66.7 Å². The highest BCUT2D eigenvalue weighted by Gasteiger charge is 2.15. The third kappa shape index (κ3) is 4.68. The molecule has 0 aromatic heterocycles. The highest BCUT2D eigenvalue weighted by molar-refractivity contribution is 5.87. The van der Waals surface area contributed by atoms with Gasteiger partial charge in [-0.25, -0.2) is 5.43 Å². The molecule has 0 radical (unpaired) electrons. The summed E-state index contributed by atoms with van der Waals surface area (Å²) in [6, 6.07) is 18.6. The van der Waals surface area contributed by atoms with E-state index >= 15 is 0 Å². The van der Waals surface area contributed by atoms with Gasteiger partial charge < -0.3 is 5.11 Å². The highest BCUT2D eigenvalue weighted by Crippen LogP contribution is 2.11. The molecule has 0 aliphatic carbocycles. The molecule has 0 bridgehead atoms. The van der Waals surface area contributed by atoms with Crippen molar-refractivity contribution in [3.05, 3.63) is 77.4 Å². The SMILES string of the molecule is C/C(C=NNC(=O)C(O)c1ccccc1)=C\c1ccccc1. The van der Waals surface area contributed by atoms with Gasteiger partial charge in [0.1, 0.15) is 0 Å². The zero-order valence-corrected chi connectivity index (χ0v) is 12.3. The van der Waals surface area contributed by atoms with Gasteiger partial charge >= 0.3 is 0 Å². The van der Waals surface area contributed by atoms with Crippen LogP contribution in [0.25, 0.3) is 6.08 Å². The van der Waals surface area contributed by atoms with E-state index in [1.807, 2.05) is 49.4 Å². The molecule has 4 nitrogen and oxygen atoms in total. The molecule has 1 unspecified atom stereocenters. The van der Waals surface area contributed by atoms with Crippen molar-refractivity contribution in [3.8, 4) is 0 Å². The summed E-state index contributed by atoms with van der Waals surface area (Å²) in [7, 11) is 0. The summed E-state index contributed by atoms with van der Waals surface area (Å²) >= 11 is 0. The number of nitrogens with zero attached hydrogens (tertiary/aromatic N) is 1. The lowest BCUT2D eigenvalue weighted by molar-refractivity contribution is -0.129. The van der Waals surface area contributed by atoms with Crippen LogP contribution in [0.2, 0.25) is 0 Å². The third-order valence-corrected chi connectivity index (χ3v) is 3.00. The van der Waals surface area contributed by atoms with Gasteiger partial charge in [-0.2, -0.15) is 5.10 Å². The minimum Gasteiger partial charge on any atom is -0.378 e. The Morgan fingerprint density at radius 2 is 1.68 bits per heavy atom. The number of carbonyl (C=O) groups excluding carboxylic acids is 1. The number of hydrazone groups is 1. The summed E-state index contributed by atoms with van der Waals surface area (Å²) < 4.78 is 0. The molecule has 0 saturated heterocycles. The van der Waals surface area contributed by atoms with E-state index < -0.39 is 12.0 Å². The number of allylic oxidation sites excluding steroid dienone is 1.